The van der Waals surface area contributed by atoms with Crippen LogP contribution in [0.25, 0.3) is 5.69 Å². The quantitative estimate of drug-likeness (QED) is 0.832. The van der Waals surface area contributed by atoms with Gasteiger partial charge < -0.3 is 9.84 Å². The summed E-state index contributed by atoms with van der Waals surface area (Å²) in [5.41, 5.74) is 0.653. The van der Waals surface area contributed by atoms with Crippen molar-refractivity contribution >= 4 is 5.97 Å². The Bertz CT molecular complexity index is 508. The van der Waals surface area contributed by atoms with Gasteiger partial charge in [-0.25, -0.2) is 4.79 Å². The lowest BCUT2D eigenvalue weighted by Crippen LogP contribution is -2.04. The second kappa shape index (κ2) is 4.01. The third-order valence-electron chi connectivity index (χ3n) is 2.06. The summed E-state index contributed by atoms with van der Waals surface area (Å²) in [6.07, 6.45) is 3.01. The van der Waals surface area contributed by atoms with Gasteiger partial charge in [-0.2, -0.15) is 10.2 Å². The highest BCUT2D eigenvalue weighted by molar-refractivity contribution is 5.88. The molecule has 1 N–H and O–H groups in total. The van der Waals surface area contributed by atoms with Gasteiger partial charge in [-0.3, -0.25) is 0 Å². The smallest absolute Gasteiger partial charge is 0.335 e. The number of ether oxygens (including phenoxy) is 1. The maximum Gasteiger partial charge on any atom is 0.335 e. The highest BCUT2D eigenvalue weighted by Gasteiger charge is 2.11. The topological polar surface area (TPSA) is 77.2 Å². The standard InChI is InChI=1S/C10H9N3O3/c1-16-9-3-2-7(10(14)15)6-8(9)13-11-4-5-12-13/h2-6H,1H3,(H,14,15). The summed E-state index contributed by atoms with van der Waals surface area (Å²) in [6, 6.07) is 4.50. The van der Waals surface area contributed by atoms with Gasteiger partial charge in [0, 0.05) is 0 Å². The van der Waals surface area contributed by atoms with Gasteiger partial charge >= 0.3 is 5.97 Å². The molecule has 0 fully saturated rings. The van der Waals surface area contributed by atoms with E-state index in [4.69, 9.17) is 9.84 Å². The molecule has 0 amide bonds. The monoisotopic (exact) mass is 219 g/mol. The van der Waals surface area contributed by atoms with E-state index in [9.17, 15) is 4.79 Å². The molecule has 1 heterocycles. The number of benzene rings is 1. The fraction of sp³-hybridized carbons (Fsp3) is 0.100. The molecule has 0 bridgehead atoms. The van der Waals surface area contributed by atoms with E-state index in [2.05, 4.69) is 10.2 Å². The number of methoxy groups -OCH3 is 1. The first-order valence-electron chi connectivity index (χ1n) is 4.50. The van der Waals surface area contributed by atoms with Gasteiger partial charge in [0.15, 0.2) is 0 Å². The van der Waals surface area contributed by atoms with Gasteiger partial charge in [0.2, 0.25) is 0 Å². The Kier molecular flexibility index (Phi) is 2.55. The van der Waals surface area contributed by atoms with Crippen LogP contribution in [0.15, 0.2) is 30.6 Å². The van der Waals surface area contributed by atoms with Gasteiger partial charge in [0.25, 0.3) is 0 Å². The van der Waals surface area contributed by atoms with Gasteiger partial charge in [-0.1, -0.05) is 0 Å². The summed E-state index contributed by atoms with van der Waals surface area (Å²) in [6.45, 7) is 0. The Labute approximate surface area is 91.1 Å². The Balaban J connectivity index is 2.56. The van der Waals surface area contributed by atoms with Gasteiger partial charge in [0.1, 0.15) is 11.4 Å². The first kappa shape index (κ1) is 10.2. The number of carboxylic acid groups (broad SMARTS) is 1. The van der Waals surface area contributed by atoms with Gasteiger partial charge in [-0.15, -0.1) is 4.80 Å². The summed E-state index contributed by atoms with van der Waals surface area (Å²) >= 11 is 0. The van der Waals surface area contributed by atoms with E-state index in [1.165, 1.54) is 36.4 Å². The molecule has 2 aromatic rings. The number of rotatable bonds is 3. The molecule has 6 heteroatoms. The van der Waals surface area contributed by atoms with Crippen molar-refractivity contribution in [2.75, 3.05) is 7.11 Å². The van der Waals surface area contributed by atoms with Crippen molar-refractivity contribution in [3.8, 4) is 11.4 Å². The van der Waals surface area contributed by atoms with Gasteiger partial charge in [0.05, 0.1) is 25.1 Å². The third-order valence-corrected chi connectivity index (χ3v) is 2.06. The summed E-state index contributed by atoms with van der Waals surface area (Å²) in [7, 11) is 1.50. The van der Waals surface area contributed by atoms with Crippen LogP contribution in [0.3, 0.4) is 0 Å². The van der Waals surface area contributed by atoms with E-state index in [1.807, 2.05) is 0 Å². The van der Waals surface area contributed by atoms with Crippen LogP contribution in [-0.2, 0) is 0 Å². The van der Waals surface area contributed by atoms with Crippen LogP contribution in [0.1, 0.15) is 10.4 Å². The number of aromatic nitrogens is 3. The van der Waals surface area contributed by atoms with E-state index >= 15 is 0 Å². The fourth-order valence-electron chi connectivity index (χ4n) is 1.32. The fourth-order valence-corrected chi connectivity index (χ4v) is 1.32. The molecule has 6 nitrogen and oxygen atoms in total. The number of nitrogens with zero attached hydrogens (tertiary/aromatic N) is 3. The van der Waals surface area contributed by atoms with Crippen molar-refractivity contribution in [3.05, 3.63) is 36.2 Å². The molecular formula is C10H9N3O3. The van der Waals surface area contributed by atoms with E-state index in [0.29, 0.717) is 11.4 Å². The first-order chi connectivity index (χ1) is 7.72. The number of carboxylic acids is 1. The van der Waals surface area contributed by atoms with Crippen molar-refractivity contribution in [2.24, 2.45) is 0 Å². The van der Waals surface area contributed by atoms with Crippen LogP contribution < -0.4 is 4.74 Å². The molecule has 1 aromatic carbocycles. The van der Waals surface area contributed by atoms with Crippen LogP contribution in [0.4, 0.5) is 0 Å². The number of hydrogen-bond donors (Lipinski definition) is 1. The summed E-state index contributed by atoms with van der Waals surface area (Å²) in [5, 5.41) is 16.7. The molecule has 0 saturated heterocycles. The average Bonchev–Trinajstić information content (AvgIpc) is 2.81. The zero-order chi connectivity index (χ0) is 11.5. The Morgan fingerprint density at radius 2 is 2.06 bits per heavy atom. The van der Waals surface area contributed by atoms with Crippen LogP contribution >= 0.6 is 0 Å². The number of hydrogen-bond acceptors (Lipinski definition) is 4. The Hall–Kier alpha value is -2.37. The molecule has 0 saturated carbocycles. The molecule has 2 rings (SSSR count). The van der Waals surface area contributed by atoms with Crippen LogP contribution in [-0.4, -0.2) is 33.2 Å². The second-order valence-electron chi connectivity index (χ2n) is 3.01. The predicted molar refractivity (Wildman–Crippen MR) is 54.9 cm³/mol. The minimum absolute atomic E-state index is 0.160. The summed E-state index contributed by atoms with van der Waals surface area (Å²) in [4.78, 5) is 12.1. The lowest BCUT2D eigenvalue weighted by Gasteiger charge is -2.07. The van der Waals surface area contributed by atoms with Crippen molar-refractivity contribution in [2.45, 2.75) is 0 Å². The molecule has 0 spiro atoms. The SMILES string of the molecule is COc1ccc(C(=O)O)cc1-n1nccn1. The number of aromatic carboxylic acids is 1. The van der Waals surface area contributed by atoms with Crippen LogP contribution in [0.5, 0.6) is 5.75 Å². The Morgan fingerprint density at radius 1 is 1.38 bits per heavy atom. The molecule has 0 aliphatic heterocycles. The van der Waals surface area contributed by atoms with E-state index in [1.54, 1.807) is 6.07 Å². The third kappa shape index (κ3) is 1.72. The maximum atomic E-state index is 10.8. The normalized spacial score (nSPS) is 10.1. The van der Waals surface area contributed by atoms with Crippen molar-refractivity contribution in [1.82, 2.24) is 15.0 Å². The summed E-state index contributed by atoms with van der Waals surface area (Å²) < 4.78 is 5.11. The van der Waals surface area contributed by atoms with E-state index < -0.39 is 5.97 Å². The highest BCUT2D eigenvalue weighted by atomic mass is 16.5. The predicted octanol–water partition coefficient (Wildman–Crippen LogP) is 0.974. The zero-order valence-corrected chi connectivity index (χ0v) is 8.49. The molecule has 0 aliphatic rings. The minimum Gasteiger partial charge on any atom is -0.494 e. The van der Waals surface area contributed by atoms with Crippen molar-refractivity contribution < 1.29 is 14.6 Å². The first-order valence-corrected chi connectivity index (χ1v) is 4.50. The molecule has 0 atom stereocenters. The lowest BCUT2D eigenvalue weighted by atomic mass is 10.2. The molecular weight excluding hydrogens is 210 g/mol. The zero-order valence-electron chi connectivity index (χ0n) is 8.49. The van der Waals surface area contributed by atoms with Crippen molar-refractivity contribution in [1.29, 1.82) is 0 Å². The molecule has 0 radical (unpaired) electrons. The molecule has 0 unspecified atom stereocenters. The van der Waals surface area contributed by atoms with Gasteiger partial charge in [-0.05, 0) is 18.2 Å². The maximum absolute atomic E-state index is 10.8. The number of carbonyl (C=O) groups is 1. The summed E-state index contributed by atoms with van der Waals surface area (Å²) in [5.74, 6) is -0.489. The Morgan fingerprint density at radius 3 is 2.62 bits per heavy atom. The second-order valence-corrected chi connectivity index (χ2v) is 3.01. The minimum atomic E-state index is -1.00. The average molecular weight is 219 g/mol. The van der Waals surface area contributed by atoms with Crippen LogP contribution in [0.2, 0.25) is 0 Å². The molecule has 0 aliphatic carbocycles. The molecule has 82 valence electrons. The van der Waals surface area contributed by atoms with E-state index in [-0.39, 0.29) is 5.56 Å². The lowest BCUT2D eigenvalue weighted by molar-refractivity contribution is 0.0697. The highest BCUT2D eigenvalue weighted by Crippen LogP contribution is 2.22. The van der Waals surface area contributed by atoms with Crippen molar-refractivity contribution in [3.63, 3.8) is 0 Å². The van der Waals surface area contributed by atoms with Crippen LogP contribution in [0, 0.1) is 0 Å². The molecule has 16 heavy (non-hydrogen) atoms. The molecule has 1 aromatic heterocycles. The largest absolute Gasteiger partial charge is 0.494 e. The van der Waals surface area contributed by atoms with E-state index in [0.717, 1.165) is 0 Å².